The first-order valence-electron chi connectivity index (χ1n) is 8.52. The van der Waals surface area contributed by atoms with E-state index in [1.54, 1.807) is 0 Å². The van der Waals surface area contributed by atoms with Gasteiger partial charge in [0.2, 0.25) is 0 Å². The van der Waals surface area contributed by atoms with Crippen molar-refractivity contribution in [1.82, 2.24) is 0 Å². The summed E-state index contributed by atoms with van der Waals surface area (Å²) in [5.41, 5.74) is 3.59. The molecule has 0 bridgehead atoms. The highest BCUT2D eigenvalue weighted by molar-refractivity contribution is 5.51. The average molecular weight is 296 g/mol. The minimum absolute atomic E-state index is 0.115. The van der Waals surface area contributed by atoms with Gasteiger partial charge in [-0.25, -0.2) is 0 Å². The molecule has 0 amide bonds. The highest BCUT2D eigenvalue weighted by Crippen LogP contribution is 2.61. The maximum Gasteiger partial charge on any atom is 0.131 e. The highest BCUT2D eigenvalue weighted by Gasteiger charge is 2.52. The van der Waals surface area contributed by atoms with Crippen LogP contribution in [-0.2, 0) is 6.42 Å². The van der Waals surface area contributed by atoms with E-state index in [0.29, 0.717) is 28.7 Å². The number of aliphatic hydroxyl groups is 1. The molecule has 4 rings (SSSR count). The SMILES string of the molecule is C#Cc1cc2c(cc1O)CC[C@@H]1[C@@H]2CC[C@]2(C)C[C@H](O)C[C@@H]12. The van der Waals surface area contributed by atoms with Crippen LogP contribution in [0.5, 0.6) is 5.75 Å². The van der Waals surface area contributed by atoms with Crippen molar-refractivity contribution in [3.8, 4) is 18.1 Å². The Bertz CT molecular complexity index is 656. The first kappa shape index (κ1) is 14.2. The molecule has 0 aromatic heterocycles. The molecule has 3 aliphatic rings. The number of hydrogen-bond acceptors (Lipinski definition) is 2. The van der Waals surface area contributed by atoms with Gasteiger partial charge in [0.05, 0.1) is 11.7 Å². The second kappa shape index (κ2) is 4.77. The van der Waals surface area contributed by atoms with Crippen molar-refractivity contribution >= 4 is 0 Å². The number of hydrogen-bond donors (Lipinski definition) is 2. The van der Waals surface area contributed by atoms with Crippen LogP contribution in [0.4, 0.5) is 0 Å². The number of phenolic OH excluding ortho intramolecular Hbond substituents is 1. The molecule has 0 spiro atoms. The van der Waals surface area contributed by atoms with Crippen molar-refractivity contribution in [3.05, 3.63) is 28.8 Å². The van der Waals surface area contributed by atoms with Gasteiger partial charge in [-0.2, -0.15) is 0 Å². The molecule has 0 radical (unpaired) electrons. The number of rotatable bonds is 0. The van der Waals surface area contributed by atoms with Gasteiger partial charge >= 0.3 is 0 Å². The standard InChI is InChI=1S/C20H24O2/c1-3-12-8-17-13(9-19(12)22)4-5-16-15(17)6-7-20(2)11-14(21)10-18(16)20/h1,8-9,14-16,18,21-22H,4-7,10-11H2,2H3/t14-,15+,16-,18+,20-/m1/s1. The Morgan fingerprint density at radius 2 is 2.14 bits per heavy atom. The fraction of sp³-hybridized carbons (Fsp3) is 0.600. The summed E-state index contributed by atoms with van der Waals surface area (Å²) in [6, 6.07) is 3.94. The summed E-state index contributed by atoms with van der Waals surface area (Å²) in [5, 5.41) is 20.2. The summed E-state index contributed by atoms with van der Waals surface area (Å²) >= 11 is 0. The van der Waals surface area contributed by atoms with E-state index in [1.165, 1.54) is 30.4 Å². The van der Waals surface area contributed by atoms with Crippen LogP contribution in [0.15, 0.2) is 12.1 Å². The van der Waals surface area contributed by atoms with Crippen LogP contribution < -0.4 is 0 Å². The van der Waals surface area contributed by atoms with E-state index < -0.39 is 0 Å². The van der Waals surface area contributed by atoms with E-state index in [4.69, 9.17) is 6.42 Å². The molecule has 2 N–H and O–H groups in total. The second-order valence-corrected chi connectivity index (χ2v) is 7.91. The molecule has 5 atom stereocenters. The van der Waals surface area contributed by atoms with Gasteiger partial charge in [0.1, 0.15) is 5.75 Å². The normalized spacial score (nSPS) is 39.5. The molecule has 2 heteroatoms. The van der Waals surface area contributed by atoms with E-state index in [1.807, 2.05) is 6.07 Å². The van der Waals surface area contributed by atoms with E-state index in [9.17, 15) is 10.2 Å². The summed E-state index contributed by atoms with van der Waals surface area (Å²) in [7, 11) is 0. The number of fused-ring (bicyclic) bond motifs is 5. The molecule has 0 heterocycles. The number of benzene rings is 1. The van der Waals surface area contributed by atoms with Gasteiger partial charge in [-0.1, -0.05) is 12.8 Å². The number of phenols is 1. The van der Waals surface area contributed by atoms with Crippen molar-refractivity contribution < 1.29 is 10.2 Å². The number of aliphatic hydroxyl groups excluding tert-OH is 1. The Kier molecular flexibility index (Phi) is 3.07. The van der Waals surface area contributed by atoms with E-state index in [-0.39, 0.29) is 11.9 Å². The summed E-state index contributed by atoms with van der Waals surface area (Å²) in [5.74, 6) is 4.72. The first-order valence-corrected chi connectivity index (χ1v) is 8.52. The lowest BCUT2D eigenvalue weighted by atomic mass is 9.56. The zero-order chi connectivity index (χ0) is 15.5. The lowest BCUT2D eigenvalue weighted by molar-refractivity contribution is 0.0595. The molecule has 2 nitrogen and oxygen atoms in total. The maximum absolute atomic E-state index is 10.2. The number of aryl methyl sites for hydroxylation is 1. The van der Waals surface area contributed by atoms with E-state index >= 15 is 0 Å². The number of terminal acetylenes is 1. The zero-order valence-electron chi connectivity index (χ0n) is 13.2. The zero-order valence-corrected chi connectivity index (χ0v) is 13.2. The molecule has 0 unspecified atom stereocenters. The monoisotopic (exact) mass is 296 g/mol. The number of aromatic hydroxyl groups is 1. The summed E-state index contributed by atoms with van der Waals surface area (Å²) in [6.07, 6.45) is 11.9. The molecular weight excluding hydrogens is 272 g/mol. The van der Waals surface area contributed by atoms with Gasteiger partial charge < -0.3 is 10.2 Å². The Morgan fingerprint density at radius 1 is 1.32 bits per heavy atom. The van der Waals surface area contributed by atoms with Gasteiger partial charge in [0.15, 0.2) is 0 Å². The van der Waals surface area contributed by atoms with Crippen LogP contribution >= 0.6 is 0 Å². The lowest BCUT2D eigenvalue weighted by Crippen LogP contribution is -2.39. The smallest absolute Gasteiger partial charge is 0.131 e. The van der Waals surface area contributed by atoms with Crippen molar-refractivity contribution in [2.24, 2.45) is 17.3 Å². The van der Waals surface area contributed by atoms with Crippen molar-refractivity contribution in [3.63, 3.8) is 0 Å². The van der Waals surface area contributed by atoms with Crippen molar-refractivity contribution in [2.75, 3.05) is 0 Å². The van der Waals surface area contributed by atoms with Gasteiger partial charge in [-0.3, -0.25) is 0 Å². The topological polar surface area (TPSA) is 40.5 Å². The summed E-state index contributed by atoms with van der Waals surface area (Å²) < 4.78 is 0. The maximum atomic E-state index is 10.2. The van der Waals surface area contributed by atoms with Crippen LogP contribution in [0, 0.1) is 29.6 Å². The van der Waals surface area contributed by atoms with Gasteiger partial charge in [0.25, 0.3) is 0 Å². The molecular formula is C20H24O2. The molecule has 116 valence electrons. The van der Waals surface area contributed by atoms with Crippen LogP contribution in [-0.4, -0.2) is 16.3 Å². The molecule has 0 saturated heterocycles. The third-order valence-corrected chi connectivity index (χ3v) is 6.74. The van der Waals surface area contributed by atoms with Crippen molar-refractivity contribution in [2.45, 2.75) is 57.5 Å². The lowest BCUT2D eigenvalue weighted by Gasteiger charge is -2.49. The largest absolute Gasteiger partial charge is 0.507 e. The van der Waals surface area contributed by atoms with Crippen LogP contribution in [0.1, 0.15) is 61.6 Å². The molecule has 1 aromatic rings. The van der Waals surface area contributed by atoms with Gasteiger partial charge in [0, 0.05) is 0 Å². The minimum Gasteiger partial charge on any atom is -0.507 e. The van der Waals surface area contributed by atoms with E-state index in [0.717, 1.165) is 19.3 Å². The van der Waals surface area contributed by atoms with Gasteiger partial charge in [-0.15, -0.1) is 6.42 Å². The van der Waals surface area contributed by atoms with Crippen LogP contribution in [0.3, 0.4) is 0 Å². The molecule has 2 fully saturated rings. The quantitative estimate of drug-likeness (QED) is 0.718. The Morgan fingerprint density at radius 3 is 2.91 bits per heavy atom. The average Bonchev–Trinajstić information content (AvgIpc) is 2.80. The van der Waals surface area contributed by atoms with Crippen molar-refractivity contribution in [1.29, 1.82) is 0 Å². The predicted octanol–water partition coefficient (Wildman–Crippen LogP) is 3.59. The summed E-state index contributed by atoms with van der Waals surface area (Å²) in [6.45, 7) is 2.38. The van der Waals surface area contributed by atoms with Gasteiger partial charge in [-0.05, 0) is 85.0 Å². The van der Waals surface area contributed by atoms with Crippen LogP contribution in [0.25, 0.3) is 0 Å². The fourth-order valence-corrected chi connectivity index (χ4v) is 5.75. The molecule has 22 heavy (non-hydrogen) atoms. The molecule has 0 aliphatic heterocycles. The molecule has 3 aliphatic carbocycles. The predicted molar refractivity (Wildman–Crippen MR) is 86.7 cm³/mol. The van der Waals surface area contributed by atoms with Crippen LogP contribution in [0.2, 0.25) is 0 Å². The Balaban J connectivity index is 1.74. The Hall–Kier alpha value is -1.46. The second-order valence-electron chi connectivity index (χ2n) is 7.91. The first-order chi connectivity index (χ1) is 10.5. The minimum atomic E-state index is -0.115. The van der Waals surface area contributed by atoms with E-state index in [2.05, 4.69) is 18.9 Å². The fourth-order valence-electron chi connectivity index (χ4n) is 5.75. The summed E-state index contributed by atoms with van der Waals surface area (Å²) in [4.78, 5) is 0. The highest BCUT2D eigenvalue weighted by atomic mass is 16.3. The third kappa shape index (κ3) is 1.92. The third-order valence-electron chi connectivity index (χ3n) is 6.74. The molecule has 2 saturated carbocycles. The Labute approximate surface area is 132 Å². The molecule has 1 aromatic carbocycles.